The van der Waals surface area contributed by atoms with Crippen LogP contribution >= 0.6 is 0 Å². The van der Waals surface area contributed by atoms with Crippen molar-refractivity contribution in [2.24, 2.45) is 0 Å². The standard InChI is InChI=1S/C22H21N3O3/c1-27-22(26)20-18(16-6-3-2-4-7-16)14-19(17-8-5-9-23-15-17)24-21(20)25-10-12-28-13-11-25/h2-9,14-15H,10-13H2,1H3. The van der Waals surface area contributed by atoms with Gasteiger partial charge in [0.2, 0.25) is 0 Å². The van der Waals surface area contributed by atoms with Crippen molar-refractivity contribution in [3.8, 4) is 22.4 Å². The van der Waals surface area contributed by atoms with Gasteiger partial charge in [0.1, 0.15) is 11.4 Å². The molecule has 1 aliphatic heterocycles. The summed E-state index contributed by atoms with van der Waals surface area (Å²) in [6.07, 6.45) is 3.51. The number of esters is 1. The van der Waals surface area contributed by atoms with Crippen molar-refractivity contribution >= 4 is 11.8 Å². The molecule has 142 valence electrons. The second kappa shape index (κ2) is 8.19. The molecule has 0 radical (unpaired) electrons. The Bertz CT molecular complexity index is 956. The van der Waals surface area contributed by atoms with Crippen molar-refractivity contribution in [1.29, 1.82) is 0 Å². The van der Waals surface area contributed by atoms with Crippen LogP contribution in [0.1, 0.15) is 10.4 Å². The molecule has 1 aliphatic rings. The van der Waals surface area contributed by atoms with E-state index in [1.807, 2.05) is 48.5 Å². The van der Waals surface area contributed by atoms with Gasteiger partial charge in [0.05, 0.1) is 26.0 Å². The van der Waals surface area contributed by atoms with Crippen LogP contribution in [-0.2, 0) is 9.47 Å². The maximum Gasteiger partial charge on any atom is 0.342 e. The minimum atomic E-state index is -0.398. The summed E-state index contributed by atoms with van der Waals surface area (Å²) in [5.74, 6) is 0.223. The molecule has 0 aliphatic carbocycles. The van der Waals surface area contributed by atoms with Gasteiger partial charge >= 0.3 is 5.97 Å². The van der Waals surface area contributed by atoms with Crippen LogP contribution in [0.4, 0.5) is 5.82 Å². The average Bonchev–Trinajstić information content (AvgIpc) is 2.79. The van der Waals surface area contributed by atoms with Crippen LogP contribution in [0.15, 0.2) is 60.9 Å². The highest BCUT2D eigenvalue weighted by molar-refractivity contribution is 6.03. The molecule has 1 aromatic carbocycles. The number of hydrogen-bond acceptors (Lipinski definition) is 6. The normalized spacial score (nSPS) is 14.0. The summed E-state index contributed by atoms with van der Waals surface area (Å²) in [7, 11) is 1.40. The van der Waals surface area contributed by atoms with Gasteiger partial charge in [-0.2, -0.15) is 0 Å². The van der Waals surface area contributed by atoms with Crippen LogP contribution in [0.5, 0.6) is 0 Å². The Balaban J connectivity index is 1.97. The van der Waals surface area contributed by atoms with E-state index in [1.54, 1.807) is 12.4 Å². The van der Waals surface area contributed by atoms with Gasteiger partial charge in [0.15, 0.2) is 0 Å². The molecule has 0 N–H and O–H groups in total. The number of carbonyl (C=O) groups excluding carboxylic acids is 1. The van der Waals surface area contributed by atoms with Gasteiger partial charge in [-0.3, -0.25) is 4.98 Å². The zero-order valence-electron chi connectivity index (χ0n) is 15.7. The number of rotatable bonds is 4. The Morgan fingerprint density at radius 1 is 1.07 bits per heavy atom. The molecule has 28 heavy (non-hydrogen) atoms. The number of hydrogen-bond donors (Lipinski definition) is 0. The Morgan fingerprint density at radius 2 is 1.82 bits per heavy atom. The van der Waals surface area contributed by atoms with Gasteiger partial charge in [-0.15, -0.1) is 0 Å². The summed E-state index contributed by atoms with van der Waals surface area (Å²) in [6, 6.07) is 15.6. The van der Waals surface area contributed by atoms with E-state index in [0.717, 1.165) is 22.4 Å². The highest BCUT2D eigenvalue weighted by atomic mass is 16.5. The average molecular weight is 375 g/mol. The maximum atomic E-state index is 12.8. The fourth-order valence-electron chi connectivity index (χ4n) is 3.35. The molecule has 2 aromatic heterocycles. The fourth-order valence-corrected chi connectivity index (χ4v) is 3.35. The number of anilines is 1. The molecule has 6 nitrogen and oxygen atoms in total. The number of nitrogens with zero attached hydrogens (tertiary/aromatic N) is 3. The van der Waals surface area contributed by atoms with Crippen LogP contribution in [0.25, 0.3) is 22.4 Å². The lowest BCUT2D eigenvalue weighted by Crippen LogP contribution is -2.38. The summed E-state index contributed by atoms with van der Waals surface area (Å²) in [4.78, 5) is 23.9. The Hall–Kier alpha value is -3.25. The summed E-state index contributed by atoms with van der Waals surface area (Å²) in [6.45, 7) is 2.53. The summed E-state index contributed by atoms with van der Waals surface area (Å²) >= 11 is 0. The second-order valence-electron chi connectivity index (χ2n) is 6.45. The summed E-state index contributed by atoms with van der Waals surface area (Å²) in [5, 5.41) is 0. The molecular weight excluding hydrogens is 354 g/mol. The first-order valence-corrected chi connectivity index (χ1v) is 9.20. The zero-order chi connectivity index (χ0) is 19.3. The first kappa shape index (κ1) is 18.1. The predicted octanol–water partition coefficient (Wildman–Crippen LogP) is 3.43. The van der Waals surface area contributed by atoms with Crippen LogP contribution < -0.4 is 4.90 Å². The number of morpholine rings is 1. The molecule has 1 saturated heterocycles. The van der Waals surface area contributed by atoms with Crippen molar-refractivity contribution in [1.82, 2.24) is 9.97 Å². The summed E-state index contributed by atoms with van der Waals surface area (Å²) in [5.41, 5.74) is 3.86. The number of aromatic nitrogens is 2. The zero-order valence-corrected chi connectivity index (χ0v) is 15.7. The van der Waals surface area contributed by atoms with E-state index >= 15 is 0 Å². The Labute approximate surface area is 163 Å². The highest BCUT2D eigenvalue weighted by Crippen LogP contribution is 2.35. The number of pyridine rings is 2. The minimum absolute atomic E-state index is 0.398. The molecule has 0 unspecified atom stereocenters. The first-order chi connectivity index (χ1) is 13.8. The van der Waals surface area contributed by atoms with Gasteiger partial charge in [-0.05, 0) is 23.8 Å². The number of methoxy groups -OCH3 is 1. The molecular formula is C22H21N3O3. The van der Waals surface area contributed by atoms with Crippen molar-refractivity contribution in [2.75, 3.05) is 38.3 Å². The lowest BCUT2D eigenvalue weighted by atomic mass is 9.97. The van der Waals surface area contributed by atoms with Crippen LogP contribution in [0, 0.1) is 0 Å². The topological polar surface area (TPSA) is 64.5 Å². The molecule has 0 amide bonds. The lowest BCUT2D eigenvalue weighted by molar-refractivity contribution is 0.0601. The number of carbonyl (C=O) groups is 1. The molecule has 6 heteroatoms. The third-order valence-electron chi connectivity index (χ3n) is 4.74. The largest absolute Gasteiger partial charge is 0.465 e. The monoisotopic (exact) mass is 375 g/mol. The number of benzene rings is 1. The second-order valence-corrected chi connectivity index (χ2v) is 6.45. The SMILES string of the molecule is COC(=O)c1c(-c2ccccc2)cc(-c2cccnc2)nc1N1CCOCC1. The Morgan fingerprint density at radius 3 is 2.50 bits per heavy atom. The Kier molecular flexibility index (Phi) is 5.30. The lowest BCUT2D eigenvalue weighted by Gasteiger charge is -2.30. The van der Waals surface area contributed by atoms with Gasteiger partial charge in [-0.25, -0.2) is 9.78 Å². The molecule has 0 atom stereocenters. The third-order valence-corrected chi connectivity index (χ3v) is 4.74. The molecule has 0 spiro atoms. The van der Waals surface area contributed by atoms with Crippen LogP contribution in [0.3, 0.4) is 0 Å². The van der Waals surface area contributed by atoms with Crippen LogP contribution in [-0.4, -0.2) is 49.4 Å². The number of ether oxygens (including phenoxy) is 2. The van der Waals surface area contributed by atoms with Gasteiger partial charge < -0.3 is 14.4 Å². The first-order valence-electron chi connectivity index (χ1n) is 9.20. The van der Waals surface area contributed by atoms with E-state index in [-0.39, 0.29) is 0 Å². The molecule has 0 bridgehead atoms. The van der Waals surface area contributed by atoms with Crippen molar-refractivity contribution in [2.45, 2.75) is 0 Å². The van der Waals surface area contributed by atoms with Crippen LogP contribution in [0.2, 0.25) is 0 Å². The summed E-state index contributed by atoms with van der Waals surface area (Å²) < 4.78 is 10.6. The smallest absolute Gasteiger partial charge is 0.342 e. The van der Waals surface area contributed by atoms with Crippen molar-refractivity contribution in [3.63, 3.8) is 0 Å². The van der Waals surface area contributed by atoms with Crippen molar-refractivity contribution in [3.05, 3.63) is 66.5 Å². The van der Waals surface area contributed by atoms with Crippen molar-refractivity contribution < 1.29 is 14.3 Å². The molecule has 3 heterocycles. The minimum Gasteiger partial charge on any atom is -0.465 e. The van der Waals surface area contributed by atoms with E-state index in [1.165, 1.54) is 7.11 Å². The van der Waals surface area contributed by atoms with E-state index in [2.05, 4.69) is 9.88 Å². The molecule has 4 rings (SSSR count). The third kappa shape index (κ3) is 3.59. The maximum absolute atomic E-state index is 12.8. The van der Waals surface area contributed by atoms with E-state index < -0.39 is 5.97 Å². The van der Waals surface area contributed by atoms with E-state index in [4.69, 9.17) is 14.5 Å². The fraction of sp³-hybridized carbons (Fsp3) is 0.227. The van der Waals surface area contributed by atoms with Gasteiger partial charge in [0, 0.05) is 36.6 Å². The molecule has 1 fully saturated rings. The highest BCUT2D eigenvalue weighted by Gasteiger charge is 2.26. The molecule has 0 saturated carbocycles. The predicted molar refractivity (Wildman–Crippen MR) is 107 cm³/mol. The quantitative estimate of drug-likeness (QED) is 0.651. The van der Waals surface area contributed by atoms with Gasteiger partial charge in [0.25, 0.3) is 0 Å². The molecule has 3 aromatic rings. The van der Waals surface area contributed by atoms with Gasteiger partial charge in [-0.1, -0.05) is 30.3 Å². The van der Waals surface area contributed by atoms with E-state index in [0.29, 0.717) is 37.7 Å². The van der Waals surface area contributed by atoms with E-state index in [9.17, 15) is 4.79 Å².